The molecule has 1 aliphatic heterocycles. The van der Waals surface area contributed by atoms with Crippen LogP contribution in [-0.2, 0) is 15.6 Å². The Bertz CT molecular complexity index is 1360. The third kappa shape index (κ3) is 5.53. The lowest BCUT2D eigenvalue weighted by Crippen LogP contribution is -2.57. The number of methoxy groups -OCH3 is 1. The van der Waals surface area contributed by atoms with Crippen LogP contribution in [0, 0.1) is 11.6 Å². The lowest BCUT2D eigenvalue weighted by Gasteiger charge is -2.49. The molecule has 1 saturated heterocycles. The first kappa shape index (κ1) is 27.6. The first-order valence-corrected chi connectivity index (χ1v) is 14.8. The summed E-state index contributed by atoms with van der Waals surface area (Å²) in [7, 11) is -2.43. The highest BCUT2D eigenvalue weighted by Crippen LogP contribution is 2.42. The quantitative estimate of drug-likeness (QED) is 0.418. The van der Waals surface area contributed by atoms with Crippen LogP contribution >= 0.6 is 0 Å². The molecule has 1 saturated carbocycles. The third-order valence-corrected chi connectivity index (χ3v) is 10.0. The van der Waals surface area contributed by atoms with Gasteiger partial charge in [-0.15, -0.1) is 0 Å². The molecule has 0 amide bonds. The van der Waals surface area contributed by atoms with Crippen molar-refractivity contribution < 1.29 is 27.0 Å². The maximum Gasteiger partial charge on any atom is 0.264 e. The van der Waals surface area contributed by atoms with Gasteiger partial charge in [-0.2, -0.15) is 0 Å². The van der Waals surface area contributed by atoms with Crippen molar-refractivity contribution in [3.05, 3.63) is 90.0 Å². The molecule has 2 aliphatic rings. The van der Waals surface area contributed by atoms with E-state index in [2.05, 4.69) is 4.90 Å². The first-order valence-electron chi connectivity index (χ1n) is 13.4. The number of hydrogen-bond donors (Lipinski definition) is 1. The predicted octanol–water partition coefficient (Wildman–Crippen LogP) is 5.46. The largest absolute Gasteiger partial charge is 0.497 e. The highest BCUT2D eigenvalue weighted by molar-refractivity contribution is 7.92. The summed E-state index contributed by atoms with van der Waals surface area (Å²) in [6, 6.07) is 17.4. The van der Waals surface area contributed by atoms with Crippen LogP contribution in [-0.4, -0.2) is 50.7 Å². The Morgan fingerprint density at radius 1 is 0.872 bits per heavy atom. The van der Waals surface area contributed by atoms with Crippen LogP contribution in [0.25, 0.3) is 0 Å². The highest BCUT2D eigenvalue weighted by atomic mass is 32.2. The molecular formula is C30H34F2N2O4S. The van der Waals surface area contributed by atoms with Crippen molar-refractivity contribution in [3.8, 4) is 5.75 Å². The number of halogens is 2. The van der Waals surface area contributed by atoms with E-state index in [1.54, 1.807) is 24.3 Å². The number of rotatable bonds is 7. The summed E-state index contributed by atoms with van der Waals surface area (Å²) in [5.74, 6) is -0.223. The third-order valence-electron chi connectivity index (χ3n) is 8.15. The molecule has 2 fully saturated rings. The van der Waals surface area contributed by atoms with Crippen LogP contribution in [0.5, 0.6) is 5.75 Å². The second kappa shape index (κ2) is 11.2. The van der Waals surface area contributed by atoms with E-state index in [4.69, 9.17) is 4.74 Å². The van der Waals surface area contributed by atoms with E-state index in [-0.39, 0.29) is 22.8 Å². The number of likely N-dealkylation sites (tertiary alicyclic amines) is 1. The summed E-state index contributed by atoms with van der Waals surface area (Å²) in [5.41, 5.74) is 0.0295. The summed E-state index contributed by atoms with van der Waals surface area (Å²) >= 11 is 0. The van der Waals surface area contributed by atoms with Crippen molar-refractivity contribution in [2.24, 2.45) is 0 Å². The average Bonchev–Trinajstić information content (AvgIpc) is 2.95. The number of piperidine rings is 1. The van der Waals surface area contributed by atoms with Crippen LogP contribution in [0.3, 0.4) is 0 Å². The van der Waals surface area contributed by atoms with Crippen LogP contribution in [0.2, 0.25) is 0 Å². The molecule has 1 heterocycles. The van der Waals surface area contributed by atoms with Crippen LogP contribution in [0.1, 0.15) is 44.1 Å². The molecule has 1 aliphatic carbocycles. The molecule has 9 heteroatoms. The lowest BCUT2D eigenvalue weighted by atomic mass is 9.74. The van der Waals surface area contributed by atoms with Gasteiger partial charge in [0.15, 0.2) is 0 Å². The molecule has 3 aromatic rings. The van der Waals surface area contributed by atoms with Crippen LogP contribution in [0.15, 0.2) is 77.7 Å². The summed E-state index contributed by atoms with van der Waals surface area (Å²) in [4.78, 5) is 2.38. The zero-order chi connectivity index (χ0) is 27.6. The molecule has 1 N–H and O–H groups in total. The molecule has 0 aromatic heterocycles. The SMILES string of the molecule is COc1ccc(S(=O)(=O)N(c2ccc(F)cc2)C2CCN(C3CCCCC3(O)c3ccc(F)cc3)CC2)cc1. The Kier molecular flexibility index (Phi) is 7.94. The predicted molar refractivity (Wildman–Crippen MR) is 146 cm³/mol. The van der Waals surface area contributed by atoms with E-state index in [1.807, 2.05) is 0 Å². The molecular weight excluding hydrogens is 522 g/mol. The summed E-state index contributed by atoms with van der Waals surface area (Å²) in [6.07, 6.45) is 4.37. The van der Waals surface area contributed by atoms with Gasteiger partial charge in [0.25, 0.3) is 10.0 Å². The van der Waals surface area contributed by atoms with Crippen LogP contribution < -0.4 is 9.04 Å². The zero-order valence-electron chi connectivity index (χ0n) is 22.0. The zero-order valence-corrected chi connectivity index (χ0v) is 22.8. The van der Waals surface area contributed by atoms with Gasteiger partial charge in [-0.05, 0) is 91.9 Å². The Labute approximate surface area is 228 Å². The second-order valence-corrected chi connectivity index (χ2v) is 12.2. The van der Waals surface area contributed by atoms with Gasteiger partial charge in [0.2, 0.25) is 0 Å². The van der Waals surface area contributed by atoms with Crippen molar-refractivity contribution in [1.82, 2.24) is 4.90 Å². The van der Waals surface area contributed by atoms with Crippen molar-refractivity contribution in [1.29, 1.82) is 0 Å². The minimum absolute atomic E-state index is 0.132. The van der Waals surface area contributed by atoms with Gasteiger partial charge in [-0.1, -0.05) is 25.0 Å². The maximum absolute atomic E-state index is 13.9. The van der Waals surface area contributed by atoms with Crippen molar-refractivity contribution in [3.63, 3.8) is 0 Å². The number of anilines is 1. The number of aliphatic hydroxyl groups is 1. The average molecular weight is 557 g/mol. The smallest absolute Gasteiger partial charge is 0.264 e. The topological polar surface area (TPSA) is 70.1 Å². The van der Waals surface area contributed by atoms with E-state index in [0.717, 1.165) is 19.3 Å². The number of ether oxygens (including phenoxy) is 1. The number of hydrogen-bond acceptors (Lipinski definition) is 5. The van der Waals surface area contributed by atoms with Gasteiger partial charge in [-0.25, -0.2) is 17.2 Å². The molecule has 39 heavy (non-hydrogen) atoms. The van der Waals surface area contributed by atoms with Gasteiger partial charge < -0.3 is 9.84 Å². The van der Waals surface area contributed by atoms with Gasteiger partial charge in [0, 0.05) is 25.2 Å². The van der Waals surface area contributed by atoms with E-state index >= 15 is 0 Å². The normalized spacial score (nSPS) is 22.9. The standard InChI is InChI=1S/C30H34F2N2O4S/c1-38-27-13-15-28(16-14-27)39(36,37)34(25-11-9-24(32)10-12-25)26-17-20-33(21-18-26)29-4-2-3-19-30(29,35)22-5-7-23(31)8-6-22/h5-16,26,29,35H,2-4,17-21H2,1H3. The molecule has 2 atom stereocenters. The summed E-state index contributed by atoms with van der Waals surface area (Å²) < 4.78 is 61.8. The fraction of sp³-hybridized carbons (Fsp3) is 0.400. The molecule has 0 spiro atoms. The van der Waals surface area contributed by atoms with Gasteiger partial charge >= 0.3 is 0 Å². The Hall–Kier alpha value is -3.01. The van der Waals surface area contributed by atoms with E-state index < -0.39 is 21.4 Å². The van der Waals surface area contributed by atoms with Crippen LogP contribution in [0.4, 0.5) is 14.5 Å². The van der Waals surface area contributed by atoms with Gasteiger partial charge in [0.05, 0.1) is 17.7 Å². The molecule has 6 nitrogen and oxygen atoms in total. The highest BCUT2D eigenvalue weighted by Gasteiger charge is 2.45. The van der Waals surface area contributed by atoms with Gasteiger partial charge in [0.1, 0.15) is 23.0 Å². The van der Waals surface area contributed by atoms with Crippen molar-refractivity contribution in [2.45, 2.75) is 61.1 Å². The molecule has 3 aromatic carbocycles. The second-order valence-electron chi connectivity index (χ2n) is 10.4. The fourth-order valence-corrected chi connectivity index (χ4v) is 7.83. The Balaban J connectivity index is 1.40. The fourth-order valence-electron chi connectivity index (χ4n) is 6.12. The van der Waals surface area contributed by atoms with Gasteiger partial charge in [-0.3, -0.25) is 9.21 Å². The molecule has 5 rings (SSSR count). The minimum Gasteiger partial charge on any atom is -0.497 e. The van der Waals surface area contributed by atoms with Crippen molar-refractivity contribution in [2.75, 3.05) is 24.5 Å². The molecule has 2 unspecified atom stereocenters. The summed E-state index contributed by atoms with van der Waals surface area (Å²) in [5, 5.41) is 11.8. The molecule has 0 radical (unpaired) electrons. The first-order chi connectivity index (χ1) is 18.7. The lowest BCUT2D eigenvalue weighted by molar-refractivity contribution is -0.0849. The number of nitrogens with zero attached hydrogens (tertiary/aromatic N) is 2. The summed E-state index contributed by atoms with van der Waals surface area (Å²) in [6.45, 7) is 1.18. The Morgan fingerprint density at radius 2 is 1.46 bits per heavy atom. The van der Waals surface area contributed by atoms with E-state index in [0.29, 0.717) is 49.4 Å². The van der Waals surface area contributed by atoms with E-state index in [1.165, 1.54) is 59.9 Å². The number of benzene rings is 3. The number of sulfonamides is 1. The minimum atomic E-state index is -3.95. The van der Waals surface area contributed by atoms with Crippen molar-refractivity contribution >= 4 is 15.7 Å². The monoisotopic (exact) mass is 556 g/mol. The Morgan fingerprint density at radius 3 is 2.05 bits per heavy atom. The molecule has 208 valence electrons. The maximum atomic E-state index is 13.9. The molecule has 0 bridgehead atoms. The van der Waals surface area contributed by atoms with E-state index in [9.17, 15) is 22.3 Å².